The Kier molecular flexibility index (Phi) is 2.47. The van der Waals surface area contributed by atoms with Gasteiger partial charge >= 0.3 is 0 Å². The topological polar surface area (TPSA) is 25.2 Å². The van der Waals surface area contributed by atoms with Crippen LogP contribution in [0.5, 0.6) is 0 Å². The van der Waals surface area contributed by atoms with Crippen LogP contribution in [-0.2, 0) is 0 Å². The van der Waals surface area contributed by atoms with Crippen molar-refractivity contribution in [2.24, 2.45) is 10.9 Å². The van der Waals surface area contributed by atoms with E-state index in [0.717, 1.165) is 11.4 Å². The van der Waals surface area contributed by atoms with E-state index in [1.807, 2.05) is 17.8 Å². The van der Waals surface area contributed by atoms with E-state index >= 15 is 0 Å². The summed E-state index contributed by atoms with van der Waals surface area (Å²) in [4.78, 5) is 8.36. The fraction of sp³-hybridized carbons (Fsp3) is 0.333. The molecule has 68 valence electrons. The minimum atomic E-state index is 0.500. The molecule has 1 aliphatic rings. The highest BCUT2D eigenvalue weighted by atomic mass is 35.5. The summed E-state index contributed by atoms with van der Waals surface area (Å²) in [7, 11) is 0. The normalized spacial score (nSPS) is 21.7. The summed E-state index contributed by atoms with van der Waals surface area (Å²) in [5.74, 6) is 0.500. The Balaban J connectivity index is 2.34. The van der Waals surface area contributed by atoms with Gasteiger partial charge in [-0.1, -0.05) is 18.5 Å². The van der Waals surface area contributed by atoms with Crippen LogP contribution < -0.4 is 0 Å². The number of aliphatic imine (C=N–C) groups is 1. The lowest BCUT2D eigenvalue weighted by molar-refractivity contribution is 0.787. The van der Waals surface area contributed by atoms with Gasteiger partial charge in [0.1, 0.15) is 10.2 Å². The molecule has 0 saturated heterocycles. The number of hydrogen-bond donors (Lipinski definition) is 0. The average molecular weight is 213 g/mol. The molecule has 4 heteroatoms. The van der Waals surface area contributed by atoms with Crippen LogP contribution in [0.2, 0.25) is 5.15 Å². The first-order chi connectivity index (χ1) is 6.27. The first-order valence-corrected chi connectivity index (χ1v) is 5.36. The van der Waals surface area contributed by atoms with Crippen LogP contribution in [0.4, 0.5) is 0 Å². The molecule has 1 unspecified atom stereocenters. The predicted octanol–water partition coefficient (Wildman–Crippen LogP) is 3.25. The molecule has 1 aromatic rings. The van der Waals surface area contributed by atoms with Crippen LogP contribution in [-0.4, -0.2) is 11.2 Å². The molecule has 1 aromatic heterocycles. The number of allylic oxidation sites excluding steroid dienone is 1. The van der Waals surface area contributed by atoms with Crippen molar-refractivity contribution in [3.8, 4) is 0 Å². The van der Waals surface area contributed by atoms with Crippen LogP contribution in [0.1, 0.15) is 18.4 Å². The monoisotopic (exact) mass is 212 g/mol. The van der Waals surface area contributed by atoms with E-state index in [4.69, 9.17) is 11.6 Å². The molecule has 0 saturated carbocycles. The summed E-state index contributed by atoms with van der Waals surface area (Å²) in [6.45, 7) is 2.17. The Bertz CT molecular complexity index is 367. The lowest BCUT2D eigenvalue weighted by Gasteiger charge is -2.13. The van der Waals surface area contributed by atoms with E-state index in [2.05, 4.69) is 16.9 Å². The van der Waals surface area contributed by atoms with Crippen LogP contribution in [0.3, 0.4) is 0 Å². The Labute approximate surface area is 86.0 Å². The SMILES string of the molecule is CC1CC=NC=C1c1nc(Cl)cs1. The molecule has 1 atom stereocenters. The smallest absolute Gasteiger partial charge is 0.140 e. The predicted molar refractivity (Wildman–Crippen MR) is 57.4 cm³/mol. The van der Waals surface area contributed by atoms with Crippen LogP contribution in [0, 0.1) is 5.92 Å². The standard InChI is InChI=1S/C9H9ClN2S/c1-6-2-3-11-4-7(6)9-12-8(10)5-13-9/h3-6H,2H2,1H3. The molecule has 0 bridgehead atoms. The van der Waals surface area contributed by atoms with Crippen LogP contribution in [0.25, 0.3) is 5.57 Å². The van der Waals surface area contributed by atoms with E-state index in [-0.39, 0.29) is 0 Å². The molecule has 0 amide bonds. The van der Waals surface area contributed by atoms with Crippen molar-refractivity contribution < 1.29 is 0 Å². The molecule has 1 aliphatic heterocycles. The first-order valence-electron chi connectivity index (χ1n) is 4.10. The van der Waals surface area contributed by atoms with Gasteiger partial charge in [0.2, 0.25) is 0 Å². The summed E-state index contributed by atoms with van der Waals surface area (Å²) >= 11 is 7.34. The van der Waals surface area contributed by atoms with Crippen LogP contribution >= 0.6 is 22.9 Å². The molecular formula is C9H9ClN2S. The van der Waals surface area contributed by atoms with E-state index < -0.39 is 0 Å². The summed E-state index contributed by atoms with van der Waals surface area (Å²) in [6.07, 6.45) is 4.80. The van der Waals surface area contributed by atoms with Crippen molar-refractivity contribution in [3.63, 3.8) is 0 Å². The summed E-state index contributed by atoms with van der Waals surface area (Å²) in [6, 6.07) is 0. The molecule has 2 nitrogen and oxygen atoms in total. The largest absolute Gasteiger partial charge is 0.269 e. The Hall–Kier alpha value is -0.670. The number of rotatable bonds is 1. The summed E-state index contributed by atoms with van der Waals surface area (Å²) < 4.78 is 0. The number of hydrogen-bond acceptors (Lipinski definition) is 3. The van der Waals surface area contributed by atoms with E-state index in [1.54, 1.807) is 11.3 Å². The average Bonchev–Trinajstić information content (AvgIpc) is 2.53. The minimum absolute atomic E-state index is 0.500. The Morgan fingerprint density at radius 1 is 1.62 bits per heavy atom. The fourth-order valence-corrected chi connectivity index (χ4v) is 2.33. The zero-order valence-corrected chi connectivity index (χ0v) is 8.77. The maximum Gasteiger partial charge on any atom is 0.140 e. The van der Waals surface area contributed by atoms with Gasteiger partial charge in [0, 0.05) is 23.4 Å². The lowest BCUT2D eigenvalue weighted by atomic mass is 9.98. The second kappa shape index (κ2) is 3.60. The van der Waals surface area contributed by atoms with E-state index in [0.29, 0.717) is 11.1 Å². The Morgan fingerprint density at radius 2 is 2.46 bits per heavy atom. The van der Waals surface area contributed by atoms with Crippen molar-refractivity contribution >= 4 is 34.7 Å². The lowest BCUT2D eigenvalue weighted by Crippen LogP contribution is -2.02. The quantitative estimate of drug-likeness (QED) is 0.702. The summed E-state index contributed by atoms with van der Waals surface area (Å²) in [5.41, 5.74) is 1.19. The molecule has 2 rings (SSSR count). The van der Waals surface area contributed by atoms with Crippen molar-refractivity contribution in [1.29, 1.82) is 0 Å². The fourth-order valence-electron chi connectivity index (χ4n) is 1.26. The maximum atomic E-state index is 5.76. The first kappa shape index (κ1) is 8.91. The van der Waals surface area contributed by atoms with Gasteiger partial charge in [-0.15, -0.1) is 11.3 Å². The van der Waals surface area contributed by atoms with E-state index in [1.165, 1.54) is 5.57 Å². The number of thiazole rings is 1. The second-order valence-electron chi connectivity index (χ2n) is 3.03. The van der Waals surface area contributed by atoms with Gasteiger partial charge in [-0.25, -0.2) is 4.98 Å². The molecule has 0 radical (unpaired) electrons. The zero-order chi connectivity index (χ0) is 9.26. The van der Waals surface area contributed by atoms with Gasteiger partial charge in [-0.3, -0.25) is 4.99 Å². The van der Waals surface area contributed by atoms with Crippen molar-refractivity contribution in [1.82, 2.24) is 4.98 Å². The number of halogens is 1. The molecule has 0 spiro atoms. The van der Waals surface area contributed by atoms with Gasteiger partial charge in [0.15, 0.2) is 0 Å². The molecule has 0 fully saturated rings. The highest BCUT2D eigenvalue weighted by Crippen LogP contribution is 2.30. The molecule has 2 heterocycles. The van der Waals surface area contributed by atoms with Gasteiger partial charge in [0.05, 0.1) is 0 Å². The van der Waals surface area contributed by atoms with Crippen molar-refractivity contribution in [2.75, 3.05) is 0 Å². The Morgan fingerprint density at radius 3 is 3.08 bits per heavy atom. The molecule has 0 N–H and O–H groups in total. The van der Waals surface area contributed by atoms with Gasteiger partial charge in [-0.05, 0) is 12.3 Å². The third-order valence-electron chi connectivity index (χ3n) is 2.03. The van der Waals surface area contributed by atoms with Gasteiger partial charge in [0.25, 0.3) is 0 Å². The second-order valence-corrected chi connectivity index (χ2v) is 4.27. The maximum absolute atomic E-state index is 5.76. The van der Waals surface area contributed by atoms with Crippen molar-refractivity contribution in [3.05, 3.63) is 21.7 Å². The minimum Gasteiger partial charge on any atom is -0.269 e. The third kappa shape index (κ3) is 1.81. The van der Waals surface area contributed by atoms with Crippen LogP contribution in [0.15, 0.2) is 16.6 Å². The van der Waals surface area contributed by atoms with Gasteiger partial charge in [-0.2, -0.15) is 0 Å². The highest BCUT2D eigenvalue weighted by molar-refractivity contribution is 7.11. The van der Waals surface area contributed by atoms with E-state index in [9.17, 15) is 0 Å². The molecule has 0 aliphatic carbocycles. The zero-order valence-electron chi connectivity index (χ0n) is 7.20. The number of nitrogens with zero attached hydrogens (tertiary/aromatic N) is 2. The summed E-state index contributed by atoms with van der Waals surface area (Å²) in [5, 5.41) is 3.42. The highest BCUT2D eigenvalue weighted by Gasteiger charge is 2.15. The number of aromatic nitrogens is 1. The molecule has 0 aromatic carbocycles. The molecular weight excluding hydrogens is 204 g/mol. The molecule has 13 heavy (non-hydrogen) atoms. The van der Waals surface area contributed by atoms with Crippen molar-refractivity contribution in [2.45, 2.75) is 13.3 Å². The van der Waals surface area contributed by atoms with Gasteiger partial charge < -0.3 is 0 Å². The third-order valence-corrected chi connectivity index (χ3v) is 3.25.